The van der Waals surface area contributed by atoms with Gasteiger partial charge in [-0.2, -0.15) is 0 Å². The van der Waals surface area contributed by atoms with Gasteiger partial charge in [0.05, 0.1) is 13.1 Å². The Morgan fingerprint density at radius 3 is 2.56 bits per heavy atom. The van der Waals surface area contributed by atoms with E-state index in [1.165, 1.54) is 30.5 Å². The molecule has 0 spiro atoms. The molecule has 1 saturated carbocycles. The molecule has 2 aromatic carbocycles. The lowest BCUT2D eigenvalue weighted by atomic mass is 10.1. The molecule has 4 nitrogen and oxygen atoms in total. The zero-order valence-corrected chi connectivity index (χ0v) is 15.7. The van der Waals surface area contributed by atoms with Crippen LogP contribution < -0.4 is 10.1 Å². The number of hydrogen-bond donors (Lipinski definition) is 1. The van der Waals surface area contributed by atoms with Gasteiger partial charge in [0.15, 0.2) is 0 Å². The molecular weight excluding hydrogens is 343 g/mol. The first kappa shape index (κ1) is 19.4. The largest absolute Gasteiger partial charge is 0.492 e. The Hall–Kier alpha value is -2.40. The Labute approximate surface area is 160 Å². The van der Waals surface area contributed by atoms with E-state index in [-0.39, 0.29) is 17.8 Å². The summed E-state index contributed by atoms with van der Waals surface area (Å²) in [5.74, 6) is 1.02. The van der Waals surface area contributed by atoms with Crippen LogP contribution in [-0.2, 0) is 4.79 Å². The molecule has 1 unspecified atom stereocenters. The lowest BCUT2D eigenvalue weighted by molar-refractivity contribution is -0.122. The first-order valence-electron chi connectivity index (χ1n) is 9.56. The van der Waals surface area contributed by atoms with Crippen LogP contribution in [0.15, 0.2) is 54.6 Å². The van der Waals surface area contributed by atoms with Gasteiger partial charge in [-0.15, -0.1) is 0 Å². The molecule has 1 aliphatic rings. The van der Waals surface area contributed by atoms with Crippen molar-refractivity contribution in [1.82, 2.24) is 10.2 Å². The molecule has 0 aromatic heterocycles. The zero-order valence-electron chi connectivity index (χ0n) is 15.7. The average molecular weight is 370 g/mol. The first-order valence-corrected chi connectivity index (χ1v) is 9.56. The standard InChI is InChI=1S/C22H27FN2O2/c1-17(19-5-3-2-4-6-19)25(15-18-7-8-18)16-22(26)24-13-14-27-21-11-9-20(23)10-12-21/h2-6,9-12,17-18H,7-8,13-16H2,1H3,(H,24,26). The van der Waals surface area contributed by atoms with E-state index in [4.69, 9.17) is 4.74 Å². The molecule has 27 heavy (non-hydrogen) atoms. The van der Waals surface area contributed by atoms with Gasteiger partial charge in [0.1, 0.15) is 18.2 Å². The summed E-state index contributed by atoms with van der Waals surface area (Å²) in [4.78, 5) is 14.6. The Kier molecular flexibility index (Phi) is 6.82. The van der Waals surface area contributed by atoms with Crippen LogP contribution in [0.2, 0.25) is 0 Å². The summed E-state index contributed by atoms with van der Waals surface area (Å²) in [7, 11) is 0. The molecule has 1 atom stereocenters. The van der Waals surface area contributed by atoms with Crippen LogP contribution in [0.4, 0.5) is 4.39 Å². The van der Waals surface area contributed by atoms with Gasteiger partial charge in [-0.1, -0.05) is 30.3 Å². The van der Waals surface area contributed by atoms with Crippen molar-refractivity contribution in [2.75, 3.05) is 26.2 Å². The van der Waals surface area contributed by atoms with Gasteiger partial charge in [0.2, 0.25) is 5.91 Å². The summed E-state index contributed by atoms with van der Waals surface area (Å²) in [6, 6.07) is 16.4. The minimum absolute atomic E-state index is 0.00105. The van der Waals surface area contributed by atoms with Crippen molar-refractivity contribution in [3.63, 3.8) is 0 Å². The van der Waals surface area contributed by atoms with Crippen molar-refractivity contribution in [1.29, 1.82) is 0 Å². The second-order valence-electron chi connectivity index (χ2n) is 7.11. The maximum atomic E-state index is 12.9. The van der Waals surface area contributed by atoms with Gasteiger partial charge in [-0.25, -0.2) is 4.39 Å². The first-order chi connectivity index (χ1) is 13.1. The van der Waals surface area contributed by atoms with Gasteiger partial charge in [0, 0.05) is 12.6 Å². The van der Waals surface area contributed by atoms with Crippen LogP contribution in [0.25, 0.3) is 0 Å². The number of carbonyl (C=O) groups excluding carboxylic acids is 1. The smallest absolute Gasteiger partial charge is 0.234 e. The van der Waals surface area contributed by atoms with Gasteiger partial charge in [-0.3, -0.25) is 9.69 Å². The molecule has 0 heterocycles. The van der Waals surface area contributed by atoms with Crippen molar-refractivity contribution in [2.24, 2.45) is 5.92 Å². The highest BCUT2D eigenvalue weighted by atomic mass is 19.1. The minimum atomic E-state index is -0.293. The molecule has 1 N–H and O–H groups in total. The van der Waals surface area contributed by atoms with E-state index in [0.29, 0.717) is 31.4 Å². The van der Waals surface area contributed by atoms with Crippen LogP contribution in [0.3, 0.4) is 0 Å². The number of benzene rings is 2. The number of nitrogens with zero attached hydrogens (tertiary/aromatic N) is 1. The number of halogens is 1. The monoisotopic (exact) mass is 370 g/mol. The fourth-order valence-corrected chi connectivity index (χ4v) is 3.06. The fourth-order valence-electron chi connectivity index (χ4n) is 3.06. The highest BCUT2D eigenvalue weighted by molar-refractivity contribution is 5.78. The Morgan fingerprint density at radius 2 is 1.89 bits per heavy atom. The van der Waals surface area contributed by atoms with Crippen LogP contribution in [0.5, 0.6) is 5.75 Å². The fraction of sp³-hybridized carbons (Fsp3) is 0.409. The number of carbonyl (C=O) groups is 1. The van der Waals surface area contributed by atoms with E-state index in [1.807, 2.05) is 18.2 Å². The van der Waals surface area contributed by atoms with Crippen LogP contribution in [-0.4, -0.2) is 37.0 Å². The topological polar surface area (TPSA) is 41.6 Å². The second-order valence-corrected chi connectivity index (χ2v) is 7.11. The highest BCUT2D eigenvalue weighted by Crippen LogP contribution is 2.32. The predicted octanol–water partition coefficient (Wildman–Crippen LogP) is 3.79. The van der Waals surface area contributed by atoms with E-state index in [1.54, 1.807) is 12.1 Å². The van der Waals surface area contributed by atoms with Gasteiger partial charge in [0.25, 0.3) is 0 Å². The summed E-state index contributed by atoms with van der Waals surface area (Å²) in [6.45, 7) is 4.27. The van der Waals surface area contributed by atoms with E-state index < -0.39 is 0 Å². The molecule has 144 valence electrons. The summed E-state index contributed by atoms with van der Waals surface area (Å²) in [5.41, 5.74) is 1.23. The number of amides is 1. The lowest BCUT2D eigenvalue weighted by Gasteiger charge is -2.29. The van der Waals surface area contributed by atoms with Crippen LogP contribution in [0.1, 0.15) is 31.4 Å². The Balaban J connectivity index is 1.45. The van der Waals surface area contributed by atoms with E-state index in [0.717, 1.165) is 6.54 Å². The van der Waals surface area contributed by atoms with Crippen molar-refractivity contribution in [3.05, 3.63) is 66.0 Å². The molecule has 5 heteroatoms. The minimum Gasteiger partial charge on any atom is -0.492 e. The maximum absolute atomic E-state index is 12.9. The molecule has 1 fully saturated rings. The predicted molar refractivity (Wildman–Crippen MR) is 104 cm³/mol. The van der Waals surface area contributed by atoms with E-state index in [2.05, 4.69) is 29.3 Å². The van der Waals surface area contributed by atoms with Gasteiger partial charge in [-0.05, 0) is 55.5 Å². The average Bonchev–Trinajstić information content (AvgIpc) is 3.50. The van der Waals surface area contributed by atoms with Crippen molar-refractivity contribution < 1.29 is 13.9 Å². The maximum Gasteiger partial charge on any atom is 0.234 e. The third kappa shape index (κ3) is 6.36. The summed E-state index contributed by atoms with van der Waals surface area (Å²) < 4.78 is 18.4. The molecule has 3 rings (SSSR count). The highest BCUT2D eigenvalue weighted by Gasteiger charge is 2.28. The van der Waals surface area contributed by atoms with Crippen molar-refractivity contribution in [2.45, 2.75) is 25.8 Å². The molecule has 1 aliphatic carbocycles. The number of nitrogens with one attached hydrogen (secondary N) is 1. The number of ether oxygens (including phenoxy) is 1. The molecule has 0 bridgehead atoms. The summed E-state index contributed by atoms with van der Waals surface area (Å²) >= 11 is 0. The normalized spacial score (nSPS) is 14.8. The number of rotatable bonds is 10. The van der Waals surface area contributed by atoms with Crippen LogP contribution >= 0.6 is 0 Å². The molecule has 0 saturated heterocycles. The number of hydrogen-bond acceptors (Lipinski definition) is 3. The lowest BCUT2D eigenvalue weighted by Crippen LogP contribution is -2.40. The second kappa shape index (κ2) is 9.51. The quantitative estimate of drug-likeness (QED) is 0.647. The van der Waals surface area contributed by atoms with Crippen LogP contribution in [0, 0.1) is 11.7 Å². The molecule has 1 amide bonds. The zero-order chi connectivity index (χ0) is 19.1. The van der Waals surface area contributed by atoms with Crippen molar-refractivity contribution in [3.8, 4) is 5.75 Å². The molecule has 0 radical (unpaired) electrons. The van der Waals surface area contributed by atoms with Gasteiger partial charge >= 0.3 is 0 Å². The molecule has 0 aliphatic heterocycles. The third-order valence-corrected chi connectivity index (χ3v) is 4.87. The Bertz CT molecular complexity index is 717. The summed E-state index contributed by atoms with van der Waals surface area (Å²) in [5, 5.41) is 2.92. The third-order valence-electron chi connectivity index (χ3n) is 4.87. The van der Waals surface area contributed by atoms with E-state index >= 15 is 0 Å². The Morgan fingerprint density at radius 1 is 1.19 bits per heavy atom. The van der Waals surface area contributed by atoms with E-state index in [9.17, 15) is 9.18 Å². The SMILES string of the molecule is CC(c1ccccc1)N(CC(=O)NCCOc1ccc(F)cc1)CC1CC1. The molecule has 2 aromatic rings. The van der Waals surface area contributed by atoms with Gasteiger partial charge < -0.3 is 10.1 Å². The summed E-state index contributed by atoms with van der Waals surface area (Å²) in [6.07, 6.45) is 2.51. The molecular formula is C22H27FN2O2. The van der Waals surface area contributed by atoms with Crippen molar-refractivity contribution >= 4 is 5.91 Å².